The summed E-state index contributed by atoms with van der Waals surface area (Å²) in [7, 11) is 1.76. The molecule has 0 aliphatic rings. The second-order valence-electron chi connectivity index (χ2n) is 2.04. The third-order valence-corrected chi connectivity index (χ3v) is 1.35. The van der Waals surface area contributed by atoms with Crippen molar-refractivity contribution in [3.63, 3.8) is 0 Å². The van der Waals surface area contributed by atoms with Crippen LogP contribution in [0, 0.1) is 0 Å². The monoisotopic (exact) mass is 167 g/mol. The van der Waals surface area contributed by atoms with Crippen LogP contribution in [0.3, 0.4) is 0 Å². The molecular weight excluding hydrogens is 154 g/mol. The van der Waals surface area contributed by atoms with Gasteiger partial charge in [0.2, 0.25) is 0 Å². The van der Waals surface area contributed by atoms with Crippen LogP contribution < -0.4 is 0 Å². The van der Waals surface area contributed by atoms with E-state index in [1.807, 2.05) is 6.92 Å². The molecule has 0 saturated carbocycles. The molecule has 1 N–H and O–H groups in total. The van der Waals surface area contributed by atoms with Crippen LogP contribution in [0.2, 0.25) is 0 Å². The van der Waals surface area contributed by atoms with E-state index in [4.69, 9.17) is 21.5 Å². The van der Waals surface area contributed by atoms with E-state index in [0.29, 0.717) is 13.2 Å². The Kier molecular flexibility index (Phi) is 6.02. The average Bonchev–Trinajstić information content (AvgIpc) is 1.88. The van der Waals surface area contributed by atoms with E-state index in [0.717, 1.165) is 0 Å². The van der Waals surface area contributed by atoms with Crippen molar-refractivity contribution in [1.82, 2.24) is 5.06 Å². The summed E-state index contributed by atoms with van der Waals surface area (Å²) in [5, 5.41) is 10.6. The van der Waals surface area contributed by atoms with Crippen LogP contribution in [0.25, 0.3) is 0 Å². The Balaban J connectivity index is 3.27. The van der Waals surface area contributed by atoms with Crippen molar-refractivity contribution < 1.29 is 9.94 Å². The van der Waals surface area contributed by atoms with Gasteiger partial charge in [-0.3, -0.25) is 4.84 Å². The maximum atomic E-state index is 9.00. The Morgan fingerprint density at radius 3 is 2.70 bits per heavy atom. The van der Waals surface area contributed by atoms with Gasteiger partial charge in [-0.1, -0.05) is 0 Å². The van der Waals surface area contributed by atoms with Crippen molar-refractivity contribution in [2.45, 2.75) is 13.0 Å². The molecule has 0 radical (unpaired) electrons. The summed E-state index contributed by atoms with van der Waals surface area (Å²) in [6.07, 6.45) is -0.502. The van der Waals surface area contributed by atoms with Crippen molar-refractivity contribution in [2.75, 3.05) is 26.1 Å². The molecule has 4 heteroatoms. The van der Waals surface area contributed by atoms with Gasteiger partial charge < -0.3 is 5.11 Å². The summed E-state index contributed by atoms with van der Waals surface area (Å²) in [6.45, 7) is 2.96. The number of hydrogen-bond donors (Lipinski definition) is 1. The molecule has 0 fully saturated rings. The highest BCUT2D eigenvalue weighted by atomic mass is 35.5. The van der Waals surface area contributed by atoms with Crippen molar-refractivity contribution in [3.8, 4) is 0 Å². The molecule has 1 unspecified atom stereocenters. The maximum Gasteiger partial charge on any atom is 0.0825 e. The van der Waals surface area contributed by atoms with Crippen LogP contribution in [0.4, 0.5) is 0 Å². The fraction of sp³-hybridized carbons (Fsp3) is 1.00. The second-order valence-corrected chi connectivity index (χ2v) is 2.34. The number of aliphatic hydroxyl groups is 1. The maximum absolute atomic E-state index is 9.00. The van der Waals surface area contributed by atoms with Crippen LogP contribution in [0.1, 0.15) is 6.92 Å². The quantitative estimate of drug-likeness (QED) is 0.477. The predicted molar refractivity (Wildman–Crippen MR) is 41.0 cm³/mol. The van der Waals surface area contributed by atoms with Crippen LogP contribution in [-0.2, 0) is 4.84 Å². The minimum absolute atomic E-state index is 0.247. The van der Waals surface area contributed by atoms with Gasteiger partial charge in [0.25, 0.3) is 0 Å². The van der Waals surface area contributed by atoms with Gasteiger partial charge in [-0.2, -0.15) is 5.06 Å². The molecule has 0 saturated heterocycles. The van der Waals surface area contributed by atoms with Crippen LogP contribution in [0.15, 0.2) is 0 Å². The summed E-state index contributed by atoms with van der Waals surface area (Å²) >= 11 is 5.36. The largest absolute Gasteiger partial charge is 0.390 e. The first-order chi connectivity index (χ1) is 4.70. The van der Waals surface area contributed by atoms with Gasteiger partial charge >= 0.3 is 0 Å². The lowest BCUT2D eigenvalue weighted by molar-refractivity contribution is -0.148. The zero-order valence-electron chi connectivity index (χ0n) is 6.38. The van der Waals surface area contributed by atoms with Gasteiger partial charge in [0.15, 0.2) is 0 Å². The van der Waals surface area contributed by atoms with Gasteiger partial charge in [0.1, 0.15) is 0 Å². The molecule has 0 bridgehead atoms. The van der Waals surface area contributed by atoms with Gasteiger partial charge in [0.05, 0.1) is 19.3 Å². The van der Waals surface area contributed by atoms with E-state index in [9.17, 15) is 0 Å². The fourth-order valence-electron chi connectivity index (χ4n) is 0.619. The smallest absolute Gasteiger partial charge is 0.0825 e. The highest BCUT2D eigenvalue weighted by molar-refractivity contribution is 6.18. The Bertz CT molecular complexity index is 82.1. The van der Waals surface area contributed by atoms with Gasteiger partial charge in [-0.25, -0.2) is 0 Å². The Labute approximate surface area is 66.5 Å². The minimum Gasteiger partial charge on any atom is -0.390 e. The molecule has 62 valence electrons. The molecule has 0 spiro atoms. The molecule has 1 atom stereocenters. The average molecular weight is 168 g/mol. The van der Waals surface area contributed by atoms with E-state index < -0.39 is 6.10 Å². The van der Waals surface area contributed by atoms with Crippen molar-refractivity contribution >= 4 is 11.6 Å². The molecule has 10 heavy (non-hydrogen) atoms. The number of rotatable bonds is 5. The number of likely N-dealkylation sites (N-methyl/N-ethyl adjacent to an activating group) is 1. The van der Waals surface area contributed by atoms with Crippen LogP contribution >= 0.6 is 11.6 Å². The number of aliphatic hydroxyl groups excluding tert-OH is 1. The number of hydrogen-bond acceptors (Lipinski definition) is 3. The predicted octanol–water partition coefficient (Wildman–Crippen LogP) is 0.469. The first kappa shape index (κ1) is 10.2. The lowest BCUT2D eigenvalue weighted by Gasteiger charge is -2.17. The Morgan fingerprint density at radius 2 is 2.30 bits per heavy atom. The highest BCUT2D eigenvalue weighted by Crippen LogP contribution is 1.92. The van der Waals surface area contributed by atoms with E-state index in [-0.39, 0.29) is 5.88 Å². The number of alkyl halides is 1. The van der Waals surface area contributed by atoms with Crippen molar-refractivity contribution in [2.24, 2.45) is 0 Å². The normalized spacial score (nSPS) is 14.1. The number of halogens is 1. The molecule has 0 heterocycles. The third kappa shape index (κ3) is 4.99. The van der Waals surface area contributed by atoms with Crippen LogP contribution in [0.5, 0.6) is 0 Å². The summed E-state index contributed by atoms with van der Waals surface area (Å²) in [6, 6.07) is 0. The van der Waals surface area contributed by atoms with Crippen molar-refractivity contribution in [3.05, 3.63) is 0 Å². The van der Waals surface area contributed by atoms with Gasteiger partial charge in [-0.05, 0) is 6.92 Å². The zero-order valence-corrected chi connectivity index (χ0v) is 7.14. The molecule has 0 aromatic rings. The molecule has 0 aliphatic heterocycles. The minimum atomic E-state index is -0.502. The Morgan fingerprint density at radius 1 is 1.70 bits per heavy atom. The molecule has 0 amide bonds. The lowest BCUT2D eigenvalue weighted by Crippen LogP contribution is -2.30. The van der Waals surface area contributed by atoms with E-state index in [2.05, 4.69) is 0 Å². The molecule has 0 rings (SSSR count). The zero-order chi connectivity index (χ0) is 7.98. The fourth-order valence-corrected chi connectivity index (χ4v) is 0.716. The lowest BCUT2D eigenvalue weighted by atomic mass is 10.4. The molecule has 0 aromatic heterocycles. The van der Waals surface area contributed by atoms with Crippen molar-refractivity contribution in [1.29, 1.82) is 0 Å². The highest BCUT2D eigenvalue weighted by Gasteiger charge is 2.05. The topological polar surface area (TPSA) is 32.7 Å². The Hall–Kier alpha value is 0.170. The SMILES string of the molecule is CCON(C)CC(O)CCl. The van der Waals surface area contributed by atoms with E-state index in [1.54, 1.807) is 12.1 Å². The summed E-state index contributed by atoms with van der Waals surface area (Å²) in [4.78, 5) is 5.03. The summed E-state index contributed by atoms with van der Waals surface area (Å²) in [5.74, 6) is 0.247. The molecule has 0 aromatic carbocycles. The summed E-state index contributed by atoms with van der Waals surface area (Å²) in [5.41, 5.74) is 0. The van der Waals surface area contributed by atoms with Crippen LogP contribution in [-0.4, -0.2) is 42.4 Å². The molecule has 3 nitrogen and oxygen atoms in total. The molecule has 0 aliphatic carbocycles. The van der Waals surface area contributed by atoms with Gasteiger partial charge in [-0.15, -0.1) is 11.6 Å². The summed E-state index contributed by atoms with van der Waals surface area (Å²) < 4.78 is 0. The van der Waals surface area contributed by atoms with E-state index in [1.165, 1.54) is 0 Å². The number of nitrogens with zero attached hydrogens (tertiary/aromatic N) is 1. The standard InChI is InChI=1S/C6H14ClNO2/c1-3-10-8(2)5-6(9)4-7/h6,9H,3-5H2,1-2H3. The number of hydroxylamine groups is 2. The molecular formula is C6H14ClNO2. The first-order valence-electron chi connectivity index (χ1n) is 3.28. The second kappa shape index (κ2) is 5.92. The van der Waals surface area contributed by atoms with Gasteiger partial charge in [0, 0.05) is 12.9 Å². The van der Waals surface area contributed by atoms with E-state index >= 15 is 0 Å². The third-order valence-electron chi connectivity index (χ3n) is 0.995. The first-order valence-corrected chi connectivity index (χ1v) is 3.82.